The van der Waals surface area contributed by atoms with Gasteiger partial charge in [-0.3, -0.25) is 4.79 Å². The summed E-state index contributed by atoms with van der Waals surface area (Å²) in [6.07, 6.45) is 3.00. The maximum atomic E-state index is 11.3. The van der Waals surface area contributed by atoms with E-state index in [2.05, 4.69) is 5.32 Å². The molecule has 2 fully saturated rings. The molecule has 0 aromatic heterocycles. The molecular weight excluding hydrogens is 142 g/mol. The maximum Gasteiger partial charge on any atom is 0.312 e. The van der Waals surface area contributed by atoms with E-state index < -0.39 is 0 Å². The summed E-state index contributed by atoms with van der Waals surface area (Å²) in [5.41, 5.74) is -0.0608. The summed E-state index contributed by atoms with van der Waals surface area (Å²) < 4.78 is 4.99. The quantitative estimate of drug-likeness (QED) is 0.470. The molecule has 2 saturated heterocycles. The van der Waals surface area contributed by atoms with E-state index in [9.17, 15) is 4.79 Å². The third kappa shape index (κ3) is 1.03. The van der Waals surface area contributed by atoms with Crippen LogP contribution in [-0.4, -0.2) is 25.7 Å². The van der Waals surface area contributed by atoms with Crippen LogP contribution in [0.15, 0.2) is 0 Å². The second-order valence-electron chi connectivity index (χ2n) is 3.53. The van der Waals surface area contributed by atoms with Crippen molar-refractivity contribution >= 4 is 5.97 Å². The Morgan fingerprint density at radius 1 is 1.27 bits per heavy atom. The van der Waals surface area contributed by atoms with Crippen LogP contribution in [0, 0.1) is 5.41 Å². The average Bonchev–Trinajstić information content (AvgIpc) is 2.36. The monoisotopic (exact) mass is 156 g/mol. The molecule has 0 unspecified atom stereocenters. The zero-order valence-corrected chi connectivity index (χ0v) is 6.64. The molecule has 0 bridgehead atoms. The zero-order chi connectivity index (χ0) is 7.73. The first kappa shape index (κ1) is 7.10. The van der Waals surface area contributed by atoms with Gasteiger partial charge < -0.3 is 10.1 Å². The molecule has 2 aliphatic rings. The van der Waals surface area contributed by atoms with Crippen molar-refractivity contribution in [3.05, 3.63) is 0 Å². The van der Waals surface area contributed by atoms with Crippen LogP contribution < -0.4 is 5.32 Å². The fourth-order valence-electron chi connectivity index (χ4n) is 2.07. The molecule has 2 heterocycles. The van der Waals surface area contributed by atoms with Crippen LogP contribution in [0.3, 0.4) is 0 Å². The lowest BCUT2D eigenvalue weighted by Crippen LogP contribution is -2.87. The summed E-state index contributed by atoms with van der Waals surface area (Å²) in [5, 5.41) is 2.27. The van der Waals surface area contributed by atoms with Gasteiger partial charge in [-0.25, -0.2) is 0 Å². The lowest BCUT2D eigenvalue weighted by Gasteiger charge is -2.26. The van der Waals surface area contributed by atoms with E-state index in [1.807, 2.05) is 0 Å². The number of quaternary nitrogens is 1. The van der Waals surface area contributed by atoms with Crippen LogP contribution in [0.25, 0.3) is 0 Å². The van der Waals surface area contributed by atoms with Gasteiger partial charge >= 0.3 is 5.97 Å². The molecule has 0 saturated carbocycles. The number of carbonyl (C=O) groups is 1. The fraction of sp³-hybridized carbons (Fsp3) is 0.875. The molecular formula is C8H14NO2+. The number of hydrogen-bond donors (Lipinski definition) is 1. The van der Waals surface area contributed by atoms with Gasteiger partial charge in [0.25, 0.3) is 0 Å². The number of carbonyl (C=O) groups excluding carboxylic acids is 1. The first-order valence-electron chi connectivity index (χ1n) is 4.32. The first-order valence-corrected chi connectivity index (χ1v) is 4.32. The Balaban J connectivity index is 2.12. The van der Waals surface area contributed by atoms with Crippen molar-refractivity contribution in [3.63, 3.8) is 0 Å². The Morgan fingerprint density at radius 3 is 2.55 bits per heavy atom. The van der Waals surface area contributed by atoms with E-state index in [1.54, 1.807) is 0 Å². The highest BCUT2D eigenvalue weighted by Crippen LogP contribution is 2.36. The van der Waals surface area contributed by atoms with Gasteiger partial charge in [-0.2, -0.15) is 0 Å². The van der Waals surface area contributed by atoms with Gasteiger partial charge in [-0.15, -0.1) is 0 Å². The molecule has 0 aromatic carbocycles. The standard InChI is InChI=1S/C8H13NO2/c10-7-8(3-6-11-7)1-4-9-5-2-8/h9H,1-6H2/p+1. The number of ether oxygens (including phenoxy) is 1. The van der Waals surface area contributed by atoms with Gasteiger partial charge in [0, 0.05) is 12.8 Å². The third-order valence-corrected chi connectivity index (χ3v) is 2.90. The second kappa shape index (κ2) is 2.48. The van der Waals surface area contributed by atoms with Crippen LogP contribution in [0.2, 0.25) is 0 Å². The van der Waals surface area contributed by atoms with E-state index in [1.165, 1.54) is 0 Å². The highest BCUT2D eigenvalue weighted by atomic mass is 16.5. The molecule has 0 atom stereocenters. The third-order valence-electron chi connectivity index (χ3n) is 2.90. The number of rotatable bonds is 0. The predicted octanol–water partition coefficient (Wildman–Crippen LogP) is -0.723. The van der Waals surface area contributed by atoms with Crippen molar-refractivity contribution in [1.82, 2.24) is 0 Å². The second-order valence-corrected chi connectivity index (χ2v) is 3.53. The van der Waals surface area contributed by atoms with Crippen LogP contribution in [0.4, 0.5) is 0 Å². The Kier molecular flexibility index (Phi) is 1.60. The summed E-state index contributed by atoms with van der Waals surface area (Å²) >= 11 is 0. The van der Waals surface area contributed by atoms with Crippen molar-refractivity contribution in [2.75, 3.05) is 19.7 Å². The van der Waals surface area contributed by atoms with Gasteiger partial charge in [0.05, 0.1) is 25.1 Å². The fourth-order valence-corrected chi connectivity index (χ4v) is 2.07. The molecule has 0 radical (unpaired) electrons. The molecule has 1 spiro atoms. The minimum atomic E-state index is -0.0608. The van der Waals surface area contributed by atoms with Crippen LogP contribution >= 0.6 is 0 Å². The Hall–Kier alpha value is -0.570. The summed E-state index contributed by atoms with van der Waals surface area (Å²) in [7, 11) is 0. The molecule has 3 heteroatoms. The number of cyclic esters (lactones) is 1. The summed E-state index contributed by atoms with van der Waals surface area (Å²) in [4.78, 5) is 11.3. The maximum absolute atomic E-state index is 11.3. The predicted molar refractivity (Wildman–Crippen MR) is 38.9 cm³/mol. The molecule has 3 nitrogen and oxygen atoms in total. The molecule has 62 valence electrons. The van der Waals surface area contributed by atoms with E-state index in [4.69, 9.17) is 4.74 Å². The molecule has 2 rings (SSSR count). The number of piperidine rings is 1. The van der Waals surface area contributed by atoms with Crippen molar-refractivity contribution in [2.45, 2.75) is 19.3 Å². The average molecular weight is 156 g/mol. The Bertz CT molecular complexity index is 173. The van der Waals surface area contributed by atoms with E-state index in [0.29, 0.717) is 6.61 Å². The van der Waals surface area contributed by atoms with Gasteiger partial charge in [0.1, 0.15) is 0 Å². The molecule has 0 amide bonds. The highest BCUT2D eigenvalue weighted by molar-refractivity contribution is 5.78. The van der Waals surface area contributed by atoms with Crippen molar-refractivity contribution < 1.29 is 14.8 Å². The Morgan fingerprint density at radius 2 is 2.00 bits per heavy atom. The van der Waals surface area contributed by atoms with E-state index >= 15 is 0 Å². The molecule has 11 heavy (non-hydrogen) atoms. The van der Waals surface area contributed by atoms with Gasteiger partial charge in [0.15, 0.2) is 0 Å². The van der Waals surface area contributed by atoms with Crippen molar-refractivity contribution in [3.8, 4) is 0 Å². The number of hydrogen-bond acceptors (Lipinski definition) is 2. The smallest absolute Gasteiger partial charge is 0.312 e. The van der Waals surface area contributed by atoms with E-state index in [-0.39, 0.29) is 11.4 Å². The van der Waals surface area contributed by atoms with Crippen molar-refractivity contribution in [1.29, 1.82) is 0 Å². The molecule has 2 N–H and O–H groups in total. The summed E-state index contributed by atoms with van der Waals surface area (Å²) in [6, 6.07) is 0. The highest BCUT2D eigenvalue weighted by Gasteiger charge is 2.46. The molecule has 2 aliphatic heterocycles. The van der Waals surface area contributed by atoms with Crippen LogP contribution in [0.5, 0.6) is 0 Å². The minimum Gasteiger partial charge on any atom is -0.465 e. The van der Waals surface area contributed by atoms with Gasteiger partial charge in [-0.1, -0.05) is 0 Å². The van der Waals surface area contributed by atoms with Gasteiger partial charge in [0.2, 0.25) is 0 Å². The normalized spacial score (nSPS) is 28.9. The minimum absolute atomic E-state index is 0.0607. The first-order chi connectivity index (χ1) is 5.33. The lowest BCUT2D eigenvalue weighted by molar-refractivity contribution is -0.666. The number of nitrogens with two attached hydrogens (primary N) is 1. The SMILES string of the molecule is O=C1OCCC12CC[NH2+]CC2. The molecule has 0 aromatic rings. The van der Waals surface area contributed by atoms with Crippen molar-refractivity contribution in [2.24, 2.45) is 5.41 Å². The van der Waals surface area contributed by atoms with Crippen LogP contribution in [-0.2, 0) is 9.53 Å². The number of esters is 1. The summed E-state index contributed by atoms with van der Waals surface area (Å²) in [5.74, 6) is 0.0607. The Labute approximate surface area is 66.1 Å². The van der Waals surface area contributed by atoms with Crippen LogP contribution in [0.1, 0.15) is 19.3 Å². The van der Waals surface area contributed by atoms with Gasteiger partial charge in [-0.05, 0) is 6.42 Å². The zero-order valence-electron chi connectivity index (χ0n) is 6.64. The summed E-state index contributed by atoms with van der Waals surface area (Å²) in [6.45, 7) is 2.84. The lowest BCUT2D eigenvalue weighted by atomic mass is 9.78. The van der Waals surface area contributed by atoms with E-state index in [0.717, 1.165) is 32.4 Å². The topological polar surface area (TPSA) is 42.9 Å². The molecule has 0 aliphatic carbocycles. The largest absolute Gasteiger partial charge is 0.465 e.